The molecule has 6 rings (SSSR count). The van der Waals surface area contributed by atoms with E-state index in [1.165, 1.54) is 26.7 Å². The third kappa shape index (κ3) is 4.33. The Morgan fingerprint density at radius 2 is 0.895 bits per heavy atom. The van der Waals surface area contributed by atoms with Gasteiger partial charge in [0, 0.05) is 6.04 Å². The summed E-state index contributed by atoms with van der Waals surface area (Å²) in [6.45, 7) is 0.992. The lowest BCUT2D eigenvalue weighted by Gasteiger charge is -2.48. The van der Waals surface area contributed by atoms with Crippen LogP contribution in [0.1, 0.15) is 24.0 Å². The highest BCUT2D eigenvalue weighted by Gasteiger charge is 2.53. The summed E-state index contributed by atoms with van der Waals surface area (Å²) in [6, 6.07) is 54.6. The molecule has 3 heteroatoms. The quantitative estimate of drug-likeness (QED) is 0.224. The predicted molar refractivity (Wildman–Crippen MR) is 160 cm³/mol. The normalized spacial score (nSPS) is 15.8. The van der Waals surface area contributed by atoms with Crippen molar-refractivity contribution in [2.75, 3.05) is 6.54 Å². The summed E-state index contributed by atoms with van der Waals surface area (Å²) in [5, 5.41) is 7.60. The Morgan fingerprint density at radius 3 is 1.24 bits per heavy atom. The molecule has 0 aliphatic carbocycles. The minimum absolute atomic E-state index is 0.135. The zero-order chi connectivity index (χ0) is 25.7. The minimum atomic E-state index is -3.03. The monoisotopic (exact) mass is 511 g/mol. The van der Waals surface area contributed by atoms with Crippen LogP contribution < -0.4 is 20.9 Å². The highest BCUT2D eigenvalue weighted by atomic mass is 28.4. The van der Waals surface area contributed by atoms with E-state index in [1.807, 2.05) is 0 Å². The molecule has 1 aliphatic rings. The summed E-state index contributed by atoms with van der Waals surface area (Å²) in [7, 11) is -3.03. The predicted octanol–water partition coefficient (Wildman–Crippen LogP) is 5.37. The largest absolute Gasteiger partial charge is 0.389 e. The summed E-state index contributed by atoms with van der Waals surface area (Å²) in [5.74, 6) is 0. The zero-order valence-corrected chi connectivity index (χ0v) is 22.5. The lowest BCUT2D eigenvalue weighted by Crippen LogP contribution is -2.73. The van der Waals surface area contributed by atoms with E-state index in [0.29, 0.717) is 0 Å². The third-order valence-electron chi connectivity index (χ3n) is 7.81. The molecule has 1 aliphatic heterocycles. The van der Waals surface area contributed by atoms with Crippen molar-refractivity contribution in [3.8, 4) is 0 Å². The Bertz CT molecular complexity index is 1280. The number of rotatable bonds is 8. The van der Waals surface area contributed by atoms with Gasteiger partial charge in [0.15, 0.2) is 0 Å². The Balaban J connectivity index is 1.71. The first-order valence-corrected chi connectivity index (χ1v) is 15.5. The molecule has 0 saturated carbocycles. The van der Waals surface area contributed by atoms with Crippen LogP contribution in [0.15, 0.2) is 152 Å². The highest BCUT2D eigenvalue weighted by molar-refractivity contribution is 7.07. The smallest absolute Gasteiger partial charge is 0.289 e. The fourth-order valence-corrected chi connectivity index (χ4v) is 10.3. The van der Waals surface area contributed by atoms with Gasteiger partial charge in [0.25, 0.3) is 8.32 Å². The highest BCUT2D eigenvalue weighted by Crippen LogP contribution is 2.42. The van der Waals surface area contributed by atoms with Crippen LogP contribution in [0, 0.1) is 0 Å². The second-order valence-corrected chi connectivity index (χ2v) is 13.3. The van der Waals surface area contributed by atoms with Crippen LogP contribution in [0.4, 0.5) is 0 Å². The molecular formula is C35H33NOSi. The van der Waals surface area contributed by atoms with Crippen molar-refractivity contribution < 1.29 is 4.43 Å². The SMILES string of the molecule is c1ccc(C(O[Si](c2ccccc2)(c2ccccc2)c2ccccc2)(c2ccccc2)[C@H]2CCCN2)cc1. The van der Waals surface area contributed by atoms with Gasteiger partial charge in [0.2, 0.25) is 0 Å². The van der Waals surface area contributed by atoms with Crippen LogP contribution in [-0.4, -0.2) is 20.9 Å². The lowest BCUT2D eigenvalue weighted by atomic mass is 9.79. The van der Waals surface area contributed by atoms with Crippen molar-refractivity contribution in [1.29, 1.82) is 0 Å². The van der Waals surface area contributed by atoms with Crippen molar-refractivity contribution in [2.24, 2.45) is 0 Å². The van der Waals surface area contributed by atoms with Crippen LogP contribution in [0.3, 0.4) is 0 Å². The van der Waals surface area contributed by atoms with Gasteiger partial charge in [-0.05, 0) is 46.1 Å². The molecule has 1 N–H and O–H groups in total. The first-order valence-electron chi connectivity index (χ1n) is 13.6. The summed E-state index contributed by atoms with van der Waals surface area (Å²) < 4.78 is 8.12. The Morgan fingerprint density at radius 1 is 0.526 bits per heavy atom. The number of hydrogen-bond donors (Lipinski definition) is 1. The summed E-state index contributed by atoms with van der Waals surface area (Å²) in [6.07, 6.45) is 2.18. The minimum Gasteiger partial charge on any atom is -0.389 e. The molecule has 2 nitrogen and oxygen atoms in total. The van der Waals surface area contributed by atoms with Gasteiger partial charge in [-0.3, -0.25) is 0 Å². The van der Waals surface area contributed by atoms with E-state index < -0.39 is 13.9 Å². The summed E-state index contributed by atoms with van der Waals surface area (Å²) in [5.41, 5.74) is 1.68. The average Bonchev–Trinajstić information content (AvgIpc) is 3.56. The van der Waals surface area contributed by atoms with Crippen molar-refractivity contribution in [3.05, 3.63) is 163 Å². The maximum Gasteiger partial charge on any atom is 0.289 e. The van der Waals surface area contributed by atoms with Gasteiger partial charge in [-0.2, -0.15) is 0 Å². The average molecular weight is 512 g/mol. The number of hydrogen-bond acceptors (Lipinski definition) is 2. The van der Waals surface area contributed by atoms with Gasteiger partial charge in [-0.1, -0.05) is 152 Å². The van der Waals surface area contributed by atoms with Gasteiger partial charge >= 0.3 is 0 Å². The topological polar surface area (TPSA) is 21.3 Å². The van der Waals surface area contributed by atoms with E-state index in [-0.39, 0.29) is 6.04 Å². The van der Waals surface area contributed by atoms with E-state index in [2.05, 4.69) is 157 Å². The summed E-state index contributed by atoms with van der Waals surface area (Å²) in [4.78, 5) is 0. The van der Waals surface area contributed by atoms with Crippen LogP contribution in [0.2, 0.25) is 0 Å². The molecule has 0 unspecified atom stereocenters. The Hall–Kier alpha value is -3.76. The zero-order valence-electron chi connectivity index (χ0n) is 21.5. The van der Waals surface area contributed by atoms with Crippen LogP contribution in [0.25, 0.3) is 0 Å². The van der Waals surface area contributed by atoms with Crippen molar-refractivity contribution >= 4 is 23.9 Å². The molecule has 1 atom stereocenters. The molecule has 1 saturated heterocycles. The molecule has 0 amide bonds. The second kappa shape index (κ2) is 10.9. The Labute approximate surface area is 227 Å². The van der Waals surface area contributed by atoms with Gasteiger partial charge < -0.3 is 9.74 Å². The van der Waals surface area contributed by atoms with E-state index in [1.54, 1.807) is 0 Å². The third-order valence-corrected chi connectivity index (χ3v) is 11.9. The Kier molecular flexibility index (Phi) is 7.06. The molecule has 0 spiro atoms. The van der Waals surface area contributed by atoms with Crippen LogP contribution in [0.5, 0.6) is 0 Å². The maximum absolute atomic E-state index is 8.12. The van der Waals surface area contributed by atoms with Gasteiger partial charge in [-0.15, -0.1) is 0 Å². The lowest BCUT2D eigenvalue weighted by molar-refractivity contribution is 0.0698. The first kappa shape index (κ1) is 24.6. The van der Waals surface area contributed by atoms with Crippen molar-refractivity contribution in [1.82, 2.24) is 5.32 Å². The first-order chi connectivity index (χ1) is 18.8. The van der Waals surface area contributed by atoms with Gasteiger partial charge in [0.05, 0.1) is 0 Å². The van der Waals surface area contributed by atoms with Crippen LogP contribution in [-0.2, 0) is 10.0 Å². The maximum atomic E-state index is 8.12. The molecule has 0 aromatic heterocycles. The molecule has 0 radical (unpaired) electrons. The van der Waals surface area contributed by atoms with Gasteiger partial charge in [-0.25, -0.2) is 0 Å². The van der Waals surface area contributed by atoms with E-state index in [0.717, 1.165) is 19.4 Å². The molecule has 0 bridgehead atoms. The molecule has 38 heavy (non-hydrogen) atoms. The van der Waals surface area contributed by atoms with E-state index in [4.69, 9.17) is 4.43 Å². The molecule has 5 aromatic carbocycles. The molecule has 1 fully saturated rings. The number of benzene rings is 5. The van der Waals surface area contributed by atoms with Crippen molar-refractivity contribution in [3.63, 3.8) is 0 Å². The molecular weight excluding hydrogens is 478 g/mol. The van der Waals surface area contributed by atoms with Gasteiger partial charge in [0.1, 0.15) is 5.60 Å². The molecule has 1 heterocycles. The second-order valence-electron chi connectivity index (χ2n) is 10.00. The van der Waals surface area contributed by atoms with E-state index in [9.17, 15) is 0 Å². The molecule has 188 valence electrons. The fourth-order valence-electron chi connectivity index (χ4n) is 6.10. The summed E-state index contributed by atoms with van der Waals surface area (Å²) >= 11 is 0. The number of nitrogens with one attached hydrogen (secondary N) is 1. The fraction of sp³-hybridized carbons (Fsp3) is 0.143. The van der Waals surface area contributed by atoms with E-state index >= 15 is 0 Å². The van der Waals surface area contributed by atoms with Crippen molar-refractivity contribution in [2.45, 2.75) is 24.5 Å². The standard InChI is InChI=1S/C35H33NOSi/c1-6-17-29(18-7-1)35(34-27-16-28-36-34,30-19-8-2-9-20-30)37-38(31-21-10-3-11-22-31,32-23-12-4-13-24-32)33-25-14-5-15-26-33/h1-15,17-26,34,36H,16,27-28H2/t34-/m1/s1. The molecule has 5 aromatic rings. The van der Waals surface area contributed by atoms with Crippen LogP contribution >= 0.6 is 0 Å².